The molecule has 0 fully saturated rings. The van der Waals surface area contributed by atoms with E-state index in [1.54, 1.807) is 0 Å². The number of hydrogen-bond acceptors (Lipinski definition) is 2. The van der Waals surface area contributed by atoms with Gasteiger partial charge in [-0.05, 0) is 75.5 Å². The first-order chi connectivity index (χ1) is 21.7. The van der Waals surface area contributed by atoms with Gasteiger partial charge in [-0.15, -0.1) is 0 Å². The number of hydrogen-bond donors (Lipinski definition) is 1. The molecule has 2 aliphatic carbocycles. The Balaban J connectivity index is 1.42. The largest absolute Gasteiger partial charge is 0.316 e. The zero-order chi connectivity index (χ0) is 29.5. The van der Waals surface area contributed by atoms with Gasteiger partial charge in [0.05, 0.1) is 23.1 Å². The predicted octanol–water partition coefficient (Wildman–Crippen LogP) is 8.41. The van der Waals surface area contributed by atoms with Crippen LogP contribution in [0.15, 0.2) is 140 Å². The molecule has 0 spiro atoms. The fraction of sp³-hybridized carbons (Fsp3) is 0.100. The highest BCUT2D eigenvalue weighted by Gasteiger charge is 2.50. The van der Waals surface area contributed by atoms with Gasteiger partial charge in [-0.2, -0.15) is 5.10 Å². The summed E-state index contributed by atoms with van der Waals surface area (Å²) < 4.78 is 2.39. The van der Waals surface area contributed by atoms with E-state index in [1.807, 2.05) is 12.5 Å². The van der Waals surface area contributed by atoms with Crippen molar-refractivity contribution in [3.05, 3.63) is 190 Å². The SMILES string of the molecule is Cc1ncn(C2(c3cccc(C4(c5cc[nH]n5)c5ccccc5-c5ccccc54)c3)c3ccccc3-c3ccccc32)c1C. The summed E-state index contributed by atoms with van der Waals surface area (Å²) in [5.41, 5.74) is 14.4. The topological polar surface area (TPSA) is 46.5 Å². The maximum Gasteiger partial charge on any atom is 0.123 e. The number of H-pyrrole nitrogens is 1. The predicted molar refractivity (Wildman–Crippen MR) is 175 cm³/mol. The van der Waals surface area contributed by atoms with Crippen molar-refractivity contribution >= 4 is 0 Å². The lowest BCUT2D eigenvalue weighted by molar-refractivity contribution is 0.514. The minimum Gasteiger partial charge on any atom is -0.316 e. The van der Waals surface area contributed by atoms with Gasteiger partial charge < -0.3 is 4.57 Å². The maximum atomic E-state index is 4.90. The number of aryl methyl sites for hydroxylation is 1. The summed E-state index contributed by atoms with van der Waals surface area (Å²) in [4.78, 5) is 4.84. The minimum atomic E-state index is -0.598. The fourth-order valence-corrected chi connectivity index (χ4v) is 8.18. The lowest BCUT2D eigenvalue weighted by atomic mass is 9.68. The van der Waals surface area contributed by atoms with Crippen LogP contribution in [0.2, 0.25) is 0 Å². The zero-order valence-corrected chi connectivity index (χ0v) is 24.6. The monoisotopic (exact) mass is 566 g/mol. The van der Waals surface area contributed by atoms with Crippen LogP contribution in [0.25, 0.3) is 22.3 Å². The maximum absolute atomic E-state index is 4.90. The molecule has 2 aliphatic rings. The summed E-state index contributed by atoms with van der Waals surface area (Å²) in [5.74, 6) is 0. The van der Waals surface area contributed by atoms with Crippen molar-refractivity contribution in [1.29, 1.82) is 0 Å². The highest BCUT2D eigenvalue weighted by Crippen LogP contribution is 2.58. The second-order valence-electron chi connectivity index (χ2n) is 12.0. The van der Waals surface area contributed by atoms with Gasteiger partial charge in [-0.3, -0.25) is 5.10 Å². The smallest absolute Gasteiger partial charge is 0.123 e. The van der Waals surface area contributed by atoms with Crippen molar-refractivity contribution in [3.63, 3.8) is 0 Å². The first kappa shape index (κ1) is 25.1. The summed E-state index contributed by atoms with van der Waals surface area (Å²) in [7, 11) is 0. The molecule has 2 aromatic heterocycles. The Bertz CT molecular complexity index is 2130. The Morgan fingerprint density at radius 2 is 1.09 bits per heavy atom. The molecule has 0 aliphatic heterocycles. The number of fused-ring (bicyclic) bond motifs is 6. The van der Waals surface area contributed by atoms with E-state index in [0.717, 1.165) is 17.1 Å². The molecule has 0 unspecified atom stereocenters. The normalized spacial score (nSPS) is 15.0. The second-order valence-corrected chi connectivity index (χ2v) is 12.0. The van der Waals surface area contributed by atoms with E-state index in [-0.39, 0.29) is 0 Å². The van der Waals surface area contributed by atoms with Crippen LogP contribution >= 0.6 is 0 Å². The van der Waals surface area contributed by atoms with Gasteiger partial charge >= 0.3 is 0 Å². The molecule has 0 amide bonds. The molecule has 4 nitrogen and oxygen atoms in total. The molecule has 0 bridgehead atoms. The van der Waals surface area contributed by atoms with Gasteiger partial charge in [0.2, 0.25) is 0 Å². The van der Waals surface area contributed by atoms with E-state index in [4.69, 9.17) is 10.1 Å². The Morgan fingerprint density at radius 1 is 0.568 bits per heavy atom. The highest BCUT2D eigenvalue weighted by molar-refractivity contribution is 5.87. The van der Waals surface area contributed by atoms with Crippen LogP contribution in [0, 0.1) is 13.8 Å². The molecule has 1 N–H and O–H groups in total. The van der Waals surface area contributed by atoms with Gasteiger partial charge in [0, 0.05) is 11.9 Å². The molecule has 0 radical (unpaired) electrons. The number of nitrogens with one attached hydrogen (secondary N) is 1. The molecule has 4 heteroatoms. The van der Waals surface area contributed by atoms with Crippen LogP contribution in [0.5, 0.6) is 0 Å². The van der Waals surface area contributed by atoms with Crippen LogP contribution in [-0.2, 0) is 11.0 Å². The summed E-state index contributed by atoms with van der Waals surface area (Å²) in [6, 6.07) is 46.7. The van der Waals surface area contributed by atoms with Crippen LogP contribution in [-0.4, -0.2) is 19.7 Å². The molecule has 44 heavy (non-hydrogen) atoms. The van der Waals surface area contributed by atoms with Crippen molar-refractivity contribution in [2.24, 2.45) is 0 Å². The molecule has 9 rings (SSSR count). The Labute approximate surface area is 256 Å². The third kappa shape index (κ3) is 2.97. The minimum absolute atomic E-state index is 0.581. The van der Waals surface area contributed by atoms with E-state index in [2.05, 4.69) is 151 Å². The molecule has 2 heterocycles. The number of rotatable bonds is 4. The molecule has 0 saturated carbocycles. The Kier molecular flexibility index (Phi) is 5.13. The standard InChI is InChI=1S/C40H30N4/c1-26-27(2)44(25-41-26)40(36-20-9-5-16-32(36)33-17-6-10-21-37(33)40)29-13-11-12-28(24-29)39(38-22-23-42-43-38)34-18-7-3-14-30(34)31-15-4-8-19-35(31)39/h3-25H,1-2H3,(H,42,43). The highest BCUT2D eigenvalue weighted by atomic mass is 15.1. The Morgan fingerprint density at radius 3 is 1.61 bits per heavy atom. The summed E-state index contributed by atoms with van der Waals surface area (Å²) in [5, 5.41) is 8.04. The third-order valence-electron chi connectivity index (χ3n) is 10.1. The van der Waals surface area contributed by atoms with Crippen LogP contribution < -0.4 is 0 Å². The van der Waals surface area contributed by atoms with Crippen molar-refractivity contribution < 1.29 is 0 Å². The number of aromatic nitrogens is 4. The molecule has 210 valence electrons. The van der Waals surface area contributed by atoms with Gasteiger partial charge in [-0.1, -0.05) is 121 Å². The van der Waals surface area contributed by atoms with E-state index in [0.29, 0.717) is 0 Å². The first-order valence-corrected chi connectivity index (χ1v) is 15.2. The van der Waals surface area contributed by atoms with Crippen LogP contribution in [0.4, 0.5) is 0 Å². The second kappa shape index (κ2) is 9.01. The number of nitrogens with zero attached hydrogens (tertiary/aromatic N) is 3. The zero-order valence-electron chi connectivity index (χ0n) is 24.6. The van der Waals surface area contributed by atoms with Gasteiger partial charge in [0.15, 0.2) is 0 Å². The number of imidazole rings is 1. The Hall–Kier alpha value is -5.48. The molecular weight excluding hydrogens is 536 g/mol. The van der Waals surface area contributed by atoms with E-state index in [1.165, 1.54) is 55.6 Å². The van der Waals surface area contributed by atoms with Crippen molar-refractivity contribution in [2.45, 2.75) is 24.8 Å². The van der Waals surface area contributed by atoms with Crippen LogP contribution in [0.3, 0.4) is 0 Å². The molecule has 5 aromatic carbocycles. The van der Waals surface area contributed by atoms with Crippen molar-refractivity contribution in [3.8, 4) is 22.3 Å². The molecule has 0 saturated heterocycles. The lowest BCUT2D eigenvalue weighted by Gasteiger charge is -2.37. The van der Waals surface area contributed by atoms with E-state index in [9.17, 15) is 0 Å². The molecular formula is C40H30N4. The summed E-state index contributed by atoms with van der Waals surface area (Å²) in [6.07, 6.45) is 3.97. The average Bonchev–Trinajstić information content (AvgIpc) is 3.85. The summed E-state index contributed by atoms with van der Waals surface area (Å²) >= 11 is 0. The van der Waals surface area contributed by atoms with Gasteiger partial charge in [-0.25, -0.2) is 4.98 Å². The van der Waals surface area contributed by atoms with E-state index < -0.39 is 11.0 Å². The van der Waals surface area contributed by atoms with Gasteiger partial charge in [0.25, 0.3) is 0 Å². The quantitative estimate of drug-likeness (QED) is 0.232. The van der Waals surface area contributed by atoms with Crippen LogP contribution in [0.1, 0.15) is 50.5 Å². The van der Waals surface area contributed by atoms with Gasteiger partial charge in [0.1, 0.15) is 5.54 Å². The summed E-state index contributed by atoms with van der Waals surface area (Å²) in [6.45, 7) is 4.29. The third-order valence-corrected chi connectivity index (χ3v) is 10.1. The molecule has 0 atom stereocenters. The molecule has 7 aromatic rings. The lowest BCUT2D eigenvalue weighted by Crippen LogP contribution is -2.37. The van der Waals surface area contributed by atoms with E-state index >= 15 is 0 Å². The fourth-order valence-electron chi connectivity index (χ4n) is 8.18. The van der Waals surface area contributed by atoms with Crippen molar-refractivity contribution in [2.75, 3.05) is 0 Å². The first-order valence-electron chi connectivity index (χ1n) is 15.2. The number of aromatic amines is 1. The average molecular weight is 567 g/mol. The number of benzene rings is 5. The van der Waals surface area contributed by atoms with Crippen molar-refractivity contribution in [1.82, 2.24) is 19.7 Å².